The van der Waals surface area contributed by atoms with Gasteiger partial charge in [-0.1, -0.05) is 0 Å². The van der Waals surface area contributed by atoms with Crippen LogP contribution in [0.25, 0.3) is 0 Å². The Labute approximate surface area is 75.4 Å². The monoisotopic (exact) mass is 181 g/mol. The molecule has 0 aliphatic carbocycles. The third-order valence-electron chi connectivity index (χ3n) is 1.58. The lowest BCUT2D eigenvalue weighted by molar-refractivity contribution is 0.0958. The molecule has 0 aliphatic heterocycles. The predicted molar refractivity (Wildman–Crippen MR) is 49.0 cm³/mol. The van der Waals surface area contributed by atoms with Crippen molar-refractivity contribution in [2.75, 3.05) is 18.5 Å². The summed E-state index contributed by atoms with van der Waals surface area (Å²) in [5.41, 5.74) is 11.5. The maximum atomic E-state index is 11.2. The number of nitrogens with one attached hydrogen (secondary N) is 1. The summed E-state index contributed by atoms with van der Waals surface area (Å²) < 4.78 is 0. The summed E-state index contributed by atoms with van der Waals surface area (Å²) >= 11 is 0. The highest BCUT2D eigenvalue weighted by atomic mass is 16.1. The molecule has 1 aromatic rings. The first kappa shape index (κ1) is 9.24. The SMILES string of the molecule is CNC(=O)c1nc(C)c(N)nc1N. The van der Waals surface area contributed by atoms with Gasteiger partial charge in [0.05, 0.1) is 5.69 Å². The largest absolute Gasteiger partial charge is 0.382 e. The van der Waals surface area contributed by atoms with Crippen LogP contribution in [-0.4, -0.2) is 22.9 Å². The Balaban J connectivity index is 3.23. The highest BCUT2D eigenvalue weighted by Crippen LogP contribution is 2.11. The zero-order chi connectivity index (χ0) is 10.0. The van der Waals surface area contributed by atoms with Gasteiger partial charge in [0.15, 0.2) is 11.5 Å². The second-order valence-electron chi connectivity index (χ2n) is 2.51. The van der Waals surface area contributed by atoms with Crippen LogP contribution in [0, 0.1) is 6.92 Å². The first-order valence-corrected chi connectivity index (χ1v) is 3.68. The lowest BCUT2D eigenvalue weighted by Crippen LogP contribution is -2.22. The molecule has 0 aromatic carbocycles. The van der Waals surface area contributed by atoms with Gasteiger partial charge in [0.25, 0.3) is 5.91 Å². The fourth-order valence-corrected chi connectivity index (χ4v) is 0.831. The van der Waals surface area contributed by atoms with E-state index in [0.29, 0.717) is 5.69 Å². The third-order valence-corrected chi connectivity index (χ3v) is 1.58. The maximum Gasteiger partial charge on any atom is 0.273 e. The number of aromatic nitrogens is 2. The van der Waals surface area contributed by atoms with Crippen molar-refractivity contribution in [3.8, 4) is 0 Å². The molecule has 1 amide bonds. The van der Waals surface area contributed by atoms with Crippen molar-refractivity contribution in [2.24, 2.45) is 0 Å². The first-order chi connectivity index (χ1) is 6.06. The summed E-state index contributed by atoms with van der Waals surface area (Å²) in [7, 11) is 1.50. The molecule has 6 heteroatoms. The maximum absolute atomic E-state index is 11.2. The Hall–Kier alpha value is -1.85. The number of hydrogen-bond donors (Lipinski definition) is 3. The van der Waals surface area contributed by atoms with E-state index < -0.39 is 0 Å². The van der Waals surface area contributed by atoms with E-state index >= 15 is 0 Å². The number of hydrogen-bond acceptors (Lipinski definition) is 5. The molecular weight excluding hydrogens is 170 g/mol. The molecule has 0 saturated carbocycles. The molecule has 0 atom stereocenters. The van der Waals surface area contributed by atoms with Crippen LogP contribution < -0.4 is 16.8 Å². The molecule has 0 fully saturated rings. The second kappa shape index (κ2) is 3.26. The van der Waals surface area contributed by atoms with E-state index in [2.05, 4.69) is 15.3 Å². The van der Waals surface area contributed by atoms with Gasteiger partial charge in [-0.2, -0.15) is 0 Å². The summed E-state index contributed by atoms with van der Waals surface area (Å²) in [4.78, 5) is 18.9. The Bertz CT molecular complexity index is 349. The van der Waals surface area contributed by atoms with Gasteiger partial charge in [-0.3, -0.25) is 4.79 Å². The molecule has 0 radical (unpaired) electrons. The zero-order valence-electron chi connectivity index (χ0n) is 7.46. The summed E-state index contributed by atoms with van der Waals surface area (Å²) in [6.45, 7) is 1.66. The van der Waals surface area contributed by atoms with Crippen molar-refractivity contribution in [1.29, 1.82) is 0 Å². The second-order valence-corrected chi connectivity index (χ2v) is 2.51. The number of carbonyl (C=O) groups excluding carboxylic acids is 1. The van der Waals surface area contributed by atoms with E-state index in [1.54, 1.807) is 6.92 Å². The van der Waals surface area contributed by atoms with Crippen molar-refractivity contribution >= 4 is 17.5 Å². The highest BCUT2D eigenvalue weighted by molar-refractivity contribution is 5.96. The van der Waals surface area contributed by atoms with E-state index in [-0.39, 0.29) is 23.2 Å². The number of aryl methyl sites for hydroxylation is 1. The van der Waals surface area contributed by atoms with Gasteiger partial charge in [0, 0.05) is 7.05 Å². The van der Waals surface area contributed by atoms with Crippen LogP contribution in [0.1, 0.15) is 16.2 Å². The normalized spacial score (nSPS) is 9.69. The van der Waals surface area contributed by atoms with Crippen LogP contribution in [-0.2, 0) is 0 Å². The zero-order valence-corrected chi connectivity index (χ0v) is 7.46. The fraction of sp³-hybridized carbons (Fsp3) is 0.286. The molecule has 0 bridgehead atoms. The summed E-state index contributed by atoms with van der Waals surface area (Å²) in [5, 5.41) is 2.41. The van der Waals surface area contributed by atoms with Gasteiger partial charge in [0.1, 0.15) is 5.82 Å². The molecule has 0 spiro atoms. The number of anilines is 2. The van der Waals surface area contributed by atoms with Crippen LogP contribution in [0.15, 0.2) is 0 Å². The summed E-state index contributed by atoms with van der Waals surface area (Å²) in [6.07, 6.45) is 0. The van der Waals surface area contributed by atoms with Crippen molar-refractivity contribution < 1.29 is 4.79 Å². The Morgan fingerprint density at radius 1 is 1.31 bits per heavy atom. The van der Waals surface area contributed by atoms with Crippen molar-refractivity contribution in [2.45, 2.75) is 6.92 Å². The number of amides is 1. The predicted octanol–water partition coefficient (Wildman–Crippen LogP) is -0.691. The van der Waals surface area contributed by atoms with Gasteiger partial charge in [-0.15, -0.1) is 0 Å². The molecule has 0 unspecified atom stereocenters. The van der Waals surface area contributed by atoms with Gasteiger partial charge in [-0.25, -0.2) is 9.97 Å². The van der Waals surface area contributed by atoms with Crippen molar-refractivity contribution in [1.82, 2.24) is 15.3 Å². The van der Waals surface area contributed by atoms with E-state index in [0.717, 1.165) is 0 Å². The van der Waals surface area contributed by atoms with Crippen molar-refractivity contribution in [3.63, 3.8) is 0 Å². The molecule has 5 N–H and O–H groups in total. The molecule has 1 heterocycles. The Morgan fingerprint density at radius 3 is 2.46 bits per heavy atom. The molecule has 70 valence electrons. The van der Waals surface area contributed by atoms with Gasteiger partial charge < -0.3 is 16.8 Å². The summed E-state index contributed by atoms with van der Waals surface area (Å²) in [5.74, 6) is -0.0827. The smallest absolute Gasteiger partial charge is 0.273 e. The highest BCUT2D eigenvalue weighted by Gasteiger charge is 2.12. The van der Waals surface area contributed by atoms with E-state index in [1.165, 1.54) is 7.05 Å². The number of rotatable bonds is 1. The molecule has 1 aromatic heterocycles. The van der Waals surface area contributed by atoms with E-state index in [1.807, 2.05) is 0 Å². The van der Waals surface area contributed by atoms with Crippen LogP contribution in [0.4, 0.5) is 11.6 Å². The van der Waals surface area contributed by atoms with Crippen LogP contribution >= 0.6 is 0 Å². The van der Waals surface area contributed by atoms with Crippen LogP contribution in [0.2, 0.25) is 0 Å². The molecule has 13 heavy (non-hydrogen) atoms. The number of nitrogens with zero attached hydrogens (tertiary/aromatic N) is 2. The molecular formula is C7H11N5O. The number of nitrogen functional groups attached to an aromatic ring is 2. The summed E-state index contributed by atoms with van der Waals surface area (Å²) in [6, 6.07) is 0. The Morgan fingerprint density at radius 2 is 1.92 bits per heavy atom. The van der Waals surface area contributed by atoms with Crippen LogP contribution in [0.3, 0.4) is 0 Å². The molecule has 1 rings (SSSR count). The van der Waals surface area contributed by atoms with Gasteiger partial charge in [0.2, 0.25) is 0 Å². The minimum absolute atomic E-state index is 0.0439. The first-order valence-electron chi connectivity index (χ1n) is 3.68. The third kappa shape index (κ3) is 1.66. The lowest BCUT2D eigenvalue weighted by atomic mass is 10.3. The van der Waals surface area contributed by atoms with Gasteiger partial charge in [-0.05, 0) is 6.92 Å². The van der Waals surface area contributed by atoms with Crippen LogP contribution in [0.5, 0.6) is 0 Å². The quantitative estimate of drug-likeness (QED) is 0.531. The van der Waals surface area contributed by atoms with Gasteiger partial charge >= 0.3 is 0 Å². The standard InChI is InChI=1S/C7H11N5O/c1-3-5(8)12-6(9)4(11-3)7(13)10-2/h1-2H3,(H,10,13)(H4,8,9,12). The van der Waals surface area contributed by atoms with Crippen molar-refractivity contribution in [3.05, 3.63) is 11.4 Å². The number of carbonyl (C=O) groups is 1. The minimum Gasteiger partial charge on any atom is -0.382 e. The van der Waals surface area contributed by atoms with E-state index in [9.17, 15) is 4.79 Å². The number of nitrogens with two attached hydrogens (primary N) is 2. The average Bonchev–Trinajstić information content (AvgIpc) is 2.10. The average molecular weight is 181 g/mol. The molecule has 0 aliphatic rings. The lowest BCUT2D eigenvalue weighted by Gasteiger charge is -2.05. The molecule has 6 nitrogen and oxygen atoms in total. The minimum atomic E-state index is -0.367. The van der Waals surface area contributed by atoms with E-state index in [4.69, 9.17) is 11.5 Å². The molecule has 0 saturated heterocycles. The Kier molecular flexibility index (Phi) is 2.32. The fourth-order valence-electron chi connectivity index (χ4n) is 0.831. The topological polar surface area (TPSA) is 107 Å².